The molecule has 0 spiro atoms. The van der Waals surface area contributed by atoms with E-state index in [0.29, 0.717) is 18.0 Å². The lowest BCUT2D eigenvalue weighted by atomic mass is 10.0. The summed E-state index contributed by atoms with van der Waals surface area (Å²) in [6.45, 7) is 4.36. The fraction of sp³-hybridized carbons (Fsp3) is 0.300. The fourth-order valence-electron chi connectivity index (χ4n) is 3.07. The van der Waals surface area contributed by atoms with Gasteiger partial charge in [-0.2, -0.15) is 0 Å². The van der Waals surface area contributed by atoms with Crippen LogP contribution in [0.25, 0.3) is 0 Å². The molecule has 1 saturated heterocycles. The average molecular weight is 357 g/mol. The second kappa shape index (κ2) is 7.28. The minimum atomic E-state index is -0.647. The van der Waals surface area contributed by atoms with E-state index >= 15 is 0 Å². The van der Waals surface area contributed by atoms with Crippen molar-refractivity contribution >= 4 is 29.1 Å². The Morgan fingerprint density at radius 1 is 1.24 bits per heavy atom. The molecule has 1 aliphatic rings. The van der Waals surface area contributed by atoms with Crippen molar-refractivity contribution in [3.8, 4) is 0 Å². The molecule has 0 radical (unpaired) electrons. The smallest absolute Gasteiger partial charge is 0.239 e. The lowest BCUT2D eigenvalue weighted by Crippen LogP contribution is -2.38. The molecule has 130 valence electrons. The second-order valence-electron chi connectivity index (χ2n) is 6.41. The molecular weight excluding hydrogens is 336 g/mol. The van der Waals surface area contributed by atoms with Gasteiger partial charge in [-0.15, -0.1) is 0 Å². The van der Waals surface area contributed by atoms with E-state index in [2.05, 4.69) is 5.32 Å². The highest BCUT2D eigenvalue weighted by Crippen LogP contribution is 2.29. The number of amides is 2. The SMILES string of the molecule is Cc1ccc(N2CCC(C(=O)NC(C)c3ccccc3)C2=O)cc1Cl. The number of carbonyl (C=O) groups is 2. The van der Waals surface area contributed by atoms with Gasteiger partial charge in [0.05, 0.1) is 6.04 Å². The van der Waals surface area contributed by atoms with Crippen molar-refractivity contribution in [1.29, 1.82) is 0 Å². The van der Waals surface area contributed by atoms with Gasteiger partial charge >= 0.3 is 0 Å². The maximum absolute atomic E-state index is 12.7. The first kappa shape index (κ1) is 17.5. The molecule has 5 heteroatoms. The number of rotatable bonds is 4. The Bertz CT molecular complexity index is 792. The maximum atomic E-state index is 12.7. The molecule has 2 aromatic carbocycles. The molecular formula is C20H21ClN2O2. The Morgan fingerprint density at radius 2 is 1.96 bits per heavy atom. The predicted octanol–water partition coefficient (Wildman–Crippen LogP) is 3.88. The van der Waals surface area contributed by atoms with Gasteiger partial charge in [-0.05, 0) is 43.5 Å². The van der Waals surface area contributed by atoms with Crippen molar-refractivity contribution in [3.63, 3.8) is 0 Å². The normalized spacial score (nSPS) is 18.3. The predicted molar refractivity (Wildman–Crippen MR) is 99.6 cm³/mol. The van der Waals surface area contributed by atoms with Crippen molar-refractivity contribution < 1.29 is 9.59 Å². The largest absolute Gasteiger partial charge is 0.349 e. The standard InChI is InChI=1S/C20H21ClN2O2/c1-13-8-9-16(12-18(13)21)23-11-10-17(20(23)25)19(24)22-14(2)15-6-4-3-5-7-15/h3-9,12,14,17H,10-11H2,1-2H3,(H,22,24). The van der Waals surface area contributed by atoms with Crippen LogP contribution in [0.15, 0.2) is 48.5 Å². The molecule has 1 heterocycles. The zero-order valence-corrected chi connectivity index (χ0v) is 15.1. The van der Waals surface area contributed by atoms with Crippen molar-refractivity contribution in [2.24, 2.45) is 5.92 Å². The first-order valence-corrected chi connectivity index (χ1v) is 8.78. The summed E-state index contributed by atoms with van der Waals surface area (Å²) in [4.78, 5) is 26.9. The highest BCUT2D eigenvalue weighted by molar-refractivity contribution is 6.31. The molecule has 0 aliphatic carbocycles. The van der Waals surface area contributed by atoms with E-state index in [1.54, 1.807) is 11.0 Å². The molecule has 0 aromatic heterocycles. The molecule has 1 aliphatic heterocycles. The van der Waals surface area contributed by atoms with E-state index in [1.165, 1.54) is 0 Å². The Kier molecular flexibility index (Phi) is 5.09. The van der Waals surface area contributed by atoms with Crippen molar-refractivity contribution in [2.45, 2.75) is 26.3 Å². The number of benzene rings is 2. The summed E-state index contributed by atoms with van der Waals surface area (Å²) < 4.78 is 0. The molecule has 0 saturated carbocycles. The number of hydrogen-bond acceptors (Lipinski definition) is 2. The van der Waals surface area contributed by atoms with Crippen LogP contribution in [-0.2, 0) is 9.59 Å². The van der Waals surface area contributed by atoms with Gasteiger partial charge in [-0.25, -0.2) is 0 Å². The first-order valence-electron chi connectivity index (χ1n) is 8.40. The van der Waals surface area contributed by atoms with Crippen LogP contribution in [0.5, 0.6) is 0 Å². The molecule has 2 aromatic rings. The van der Waals surface area contributed by atoms with Gasteiger partial charge in [0.1, 0.15) is 5.92 Å². The molecule has 2 amide bonds. The van der Waals surface area contributed by atoms with Gasteiger partial charge in [-0.1, -0.05) is 48.0 Å². The van der Waals surface area contributed by atoms with Crippen LogP contribution in [0.2, 0.25) is 5.02 Å². The second-order valence-corrected chi connectivity index (χ2v) is 6.81. The molecule has 1 fully saturated rings. The van der Waals surface area contributed by atoms with Crippen molar-refractivity contribution in [1.82, 2.24) is 5.32 Å². The summed E-state index contributed by atoms with van der Waals surface area (Å²) in [6, 6.07) is 15.1. The van der Waals surface area contributed by atoms with Crippen LogP contribution >= 0.6 is 11.6 Å². The first-order chi connectivity index (χ1) is 12.0. The Balaban J connectivity index is 1.69. The van der Waals surface area contributed by atoms with Crippen molar-refractivity contribution in [2.75, 3.05) is 11.4 Å². The van der Waals surface area contributed by atoms with Gasteiger partial charge in [0, 0.05) is 17.3 Å². The third-order valence-corrected chi connectivity index (χ3v) is 5.05. The van der Waals surface area contributed by atoms with E-state index in [-0.39, 0.29) is 17.9 Å². The number of anilines is 1. The van der Waals surface area contributed by atoms with E-state index in [1.807, 2.05) is 56.3 Å². The number of hydrogen-bond donors (Lipinski definition) is 1. The number of aryl methyl sites for hydroxylation is 1. The fourth-order valence-corrected chi connectivity index (χ4v) is 3.24. The highest BCUT2D eigenvalue weighted by Gasteiger charge is 2.38. The summed E-state index contributed by atoms with van der Waals surface area (Å²) in [5.74, 6) is -1.04. The topological polar surface area (TPSA) is 49.4 Å². The maximum Gasteiger partial charge on any atom is 0.239 e. The number of carbonyl (C=O) groups excluding carboxylic acids is 2. The number of halogens is 1. The van der Waals surface area contributed by atoms with Crippen LogP contribution in [0.3, 0.4) is 0 Å². The van der Waals surface area contributed by atoms with E-state index in [4.69, 9.17) is 11.6 Å². The minimum Gasteiger partial charge on any atom is -0.349 e. The lowest BCUT2D eigenvalue weighted by molar-refractivity contribution is -0.132. The summed E-state index contributed by atoms with van der Waals surface area (Å²) in [6.07, 6.45) is 0.512. The van der Waals surface area contributed by atoms with Crippen LogP contribution in [0.1, 0.15) is 30.5 Å². The Morgan fingerprint density at radius 3 is 2.64 bits per heavy atom. The molecule has 2 atom stereocenters. The third-order valence-electron chi connectivity index (χ3n) is 4.65. The Hall–Kier alpha value is -2.33. The van der Waals surface area contributed by atoms with Crippen LogP contribution in [0, 0.1) is 12.8 Å². The van der Waals surface area contributed by atoms with Gasteiger partial charge in [-0.3, -0.25) is 9.59 Å². The molecule has 0 bridgehead atoms. The number of nitrogens with zero attached hydrogens (tertiary/aromatic N) is 1. The molecule has 2 unspecified atom stereocenters. The van der Waals surface area contributed by atoms with E-state index < -0.39 is 5.92 Å². The molecule has 1 N–H and O–H groups in total. The van der Waals surface area contributed by atoms with Crippen LogP contribution in [0.4, 0.5) is 5.69 Å². The van der Waals surface area contributed by atoms with Crippen molar-refractivity contribution in [3.05, 3.63) is 64.7 Å². The summed E-state index contributed by atoms with van der Waals surface area (Å²) in [7, 11) is 0. The molecule has 4 nitrogen and oxygen atoms in total. The van der Waals surface area contributed by atoms with Gasteiger partial charge < -0.3 is 10.2 Å². The Labute approximate surface area is 152 Å². The quantitative estimate of drug-likeness (QED) is 0.845. The minimum absolute atomic E-state index is 0.135. The summed E-state index contributed by atoms with van der Waals surface area (Å²) in [5, 5.41) is 3.57. The lowest BCUT2D eigenvalue weighted by Gasteiger charge is -2.19. The van der Waals surface area contributed by atoms with E-state index in [9.17, 15) is 9.59 Å². The number of nitrogens with one attached hydrogen (secondary N) is 1. The monoisotopic (exact) mass is 356 g/mol. The zero-order chi connectivity index (χ0) is 18.0. The average Bonchev–Trinajstić information content (AvgIpc) is 2.99. The van der Waals surface area contributed by atoms with Gasteiger partial charge in [0.2, 0.25) is 11.8 Å². The van der Waals surface area contributed by atoms with Crippen LogP contribution < -0.4 is 10.2 Å². The third kappa shape index (κ3) is 3.69. The molecule has 25 heavy (non-hydrogen) atoms. The van der Waals surface area contributed by atoms with Crippen LogP contribution in [-0.4, -0.2) is 18.4 Å². The summed E-state index contributed by atoms with van der Waals surface area (Å²) >= 11 is 6.16. The molecule has 3 rings (SSSR count). The van der Waals surface area contributed by atoms with Gasteiger partial charge in [0.15, 0.2) is 0 Å². The highest BCUT2D eigenvalue weighted by atomic mass is 35.5. The summed E-state index contributed by atoms with van der Waals surface area (Å²) in [5.41, 5.74) is 2.72. The zero-order valence-electron chi connectivity index (χ0n) is 14.3. The van der Waals surface area contributed by atoms with Gasteiger partial charge in [0.25, 0.3) is 0 Å². The van der Waals surface area contributed by atoms with E-state index in [0.717, 1.165) is 16.8 Å².